The molecule has 2 rings (SSSR count). The van der Waals surface area contributed by atoms with Gasteiger partial charge in [-0.2, -0.15) is 0 Å². The third-order valence-electron chi connectivity index (χ3n) is 3.02. The quantitative estimate of drug-likeness (QED) is 0.857. The van der Waals surface area contributed by atoms with Gasteiger partial charge in [0.25, 0.3) is 5.56 Å². The lowest BCUT2D eigenvalue weighted by Gasteiger charge is -2.11. The lowest BCUT2D eigenvalue weighted by Crippen LogP contribution is -2.21. The summed E-state index contributed by atoms with van der Waals surface area (Å²) in [5, 5.41) is 0. The molecule has 2 N–H and O–H groups in total. The standard InChI is InChI=1S/C13H17N3O/c1-4-15-10(3)12(14)13(17)16(15)11-7-5-9(2)6-8-11/h5-8H,4,14H2,1-3H3. The van der Waals surface area contributed by atoms with E-state index in [1.54, 1.807) is 4.68 Å². The van der Waals surface area contributed by atoms with E-state index >= 15 is 0 Å². The molecule has 2 aromatic rings. The van der Waals surface area contributed by atoms with Crippen LogP contribution in [0.25, 0.3) is 5.69 Å². The van der Waals surface area contributed by atoms with Crippen LogP contribution in [0, 0.1) is 13.8 Å². The molecule has 1 heterocycles. The molecule has 0 atom stereocenters. The minimum atomic E-state index is -0.145. The monoisotopic (exact) mass is 231 g/mol. The molecule has 1 aromatic carbocycles. The molecular weight excluding hydrogens is 214 g/mol. The Kier molecular flexibility index (Phi) is 2.79. The molecule has 0 aliphatic carbocycles. The predicted octanol–water partition coefficient (Wildman–Crippen LogP) is 1.86. The third kappa shape index (κ3) is 1.75. The average Bonchev–Trinajstić information content (AvgIpc) is 2.54. The van der Waals surface area contributed by atoms with Crippen molar-refractivity contribution in [2.24, 2.45) is 0 Å². The van der Waals surface area contributed by atoms with E-state index in [0.29, 0.717) is 12.2 Å². The molecule has 4 nitrogen and oxygen atoms in total. The molecule has 1 aromatic heterocycles. The van der Waals surface area contributed by atoms with Crippen molar-refractivity contribution in [2.45, 2.75) is 27.3 Å². The number of hydrogen-bond donors (Lipinski definition) is 1. The van der Waals surface area contributed by atoms with Gasteiger partial charge < -0.3 is 5.73 Å². The summed E-state index contributed by atoms with van der Waals surface area (Å²) in [5.41, 5.74) is 8.81. The molecule has 0 radical (unpaired) electrons. The Hall–Kier alpha value is -1.97. The van der Waals surface area contributed by atoms with E-state index in [-0.39, 0.29) is 5.56 Å². The van der Waals surface area contributed by atoms with Crippen LogP contribution in [0.15, 0.2) is 29.1 Å². The molecule has 0 spiro atoms. The second-order valence-corrected chi connectivity index (χ2v) is 4.17. The topological polar surface area (TPSA) is 52.9 Å². The lowest BCUT2D eigenvalue weighted by molar-refractivity contribution is 0.559. The zero-order chi connectivity index (χ0) is 12.6. The molecule has 0 amide bonds. The fourth-order valence-electron chi connectivity index (χ4n) is 1.99. The van der Waals surface area contributed by atoms with Gasteiger partial charge in [-0.05, 0) is 32.9 Å². The van der Waals surface area contributed by atoms with Gasteiger partial charge in [-0.3, -0.25) is 9.48 Å². The Labute approximate surface area is 100 Å². The summed E-state index contributed by atoms with van der Waals surface area (Å²) in [6.45, 7) is 6.60. The van der Waals surface area contributed by atoms with Gasteiger partial charge in [0.2, 0.25) is 0 Å². The van der Waals surface area contributed by atoms with Gasteiger partial charge in [-0.1, -0.05) is 17.7 Å². The predicted molar refractivity (Wildman–Crippen MR) is 69.6 cm³/mol. The van der Waals surface area contributed by atoms with Gasteiger partial charge in [0.05, 0.1) is 11.4 Å². The summed E-state index contributed by atoms with van der Waals surface area (Å²) in [6, 6.07) is 7.84. The highest BCUT2D eigenvalue weighted by Crippen LogP contribution is 2.13. The zero-order valence-electron chi connectivity index (χ0n) is 10.4. The third-order valence-corrected chi connectivity index (χ3v) is 3.02. The molecular formula is C13H17N3O. The number of anilines is 1. The van der Waals surface area contributed by atoms with Crippen LogP contribution in [0.5, 0.6) is 0 Å². The molecule has 4 heteroatoms. The minimum Gasteiger partial charge on any atom is -0.393 e. The van der Waals surface area contributed by atoms with E-state index in [9.17, 15) is 4.79 Å². The Bertz CT molecular complexity index is 590. The average molecular weight is 231 g/mol. The summed E-state index contributed by atoms with van der Waals surface area (Å²) in [5.74, 6) is 0. The van der Waals surface area contributed by atoms with Crippen molar-refractivity contribution in [3.05, 3.63) is 45.9 Å². The van der Waals surface area contributed by atoms with Gasteiger partial charge in [0, 0.05) is 6.54 Å². The summed E-state index contributed by atoms with van der Waals surface area (Å²) in [4.78, 5) is 12.1. The van der Waals surface area contributed by atoms with E-state index in [1.807, 2.05) is 49.7 Å². The van der Waals surface area contributed by atoms with Crippen molar-refractivity contribution in [3.63, 3.8) is 0 Å². The van der Waals surface area contributed by atoms with Crippen molar-refractivity contribution >= 4 is 5.69 Å². The van der Waals surface area contributed by atoms with Crippen LogP contribution in [0.1, 0.15) is 18.2 Å². The van der Waals surface area contributed by atoms with E-state index in [1.165, 1.54) is 5.56 Å². The fourth-order valence-corrected chi connectivity index (χ4v) is 1.99. The first-order valence-corrected chi connectivity index (χ1v) is 5.71. The Morgan fingerprint density at radius 1 is 1.18 bits per heavy atom. The number of rotatable bonds is 2. The first-order valence-electron chi connectivity index (χ1n) is 5.71. The normalized spacial score (nSPS) is 10.8. The number of aromatic nitrogens is 2. The van der Waals surface area contributed by atoms with Crippen LogP contribution in [0.2, 0.25) is 0 Å². The van der Waals surface area contributed by atoms with Crippen molar-refractivity contribution in [1.82, 2.24) is 9.36 Å². The first kappa shape index (κ1) is 11.5. The Morgan fingerprint density at radius 3 is 2.29 bits per heavy atom. The Balaban J connectivity index is 2.71. The van der Waals surface area contributed by atoms with Crippen LogP contribution in [0.3, 0.4) is 0 Å². The maximum Gasteiger partial charge on any atom is 0.294 e. The lowest BCUT2D eigenvalue weighted by atomic mass is 10.2. The van der Waals surface area contributed by atoms with Crippen molar-refractivity contribution in [2.75, 3.05) is 5.73 Å². The molecule has 0 saturated heterocycles. The second kappa shape index (κ2) is 4.13. The van der Waals surface area contributed by atoms with E-state index in [2.05, 4.69) is 0 Å². The SMILES string of the molecule is CCn1c(C)c(N)c(=O)n1-c1ccc(C)cc1. The highest BCUT2D eigenvalue weighted by atomic mass is 16.1. The van der Waals surface area contributed by atoms with Gasteiger partial charge >= 0.3 is 0 Å². The van der Waals surface area contributed by atoms with Crippen LogP contribution < -0.4 is 11.3 Å². The highest BCUT2D eigenvalue weighted by molar-refractivity contribution is 5.45. The van der Waals surface area contributed by atoms with Crippen LogP contribution in [-0.2, 0) is 6.54 Å². The highest BCUT2D eigenvalue weighted by Gasteiger charge is 2.14. The van der Waals surface area contributed by atoms with Gasteiger partial charge in [0.1, 0.15) is 5.69 Å². The number of nitrogen functional groups attached to an aromatic ring is 1. The summed E-state index contributed by atoms with van der Waals surface area (Å²) >= 11 is 0. The zero-order valence-corrected chi connectivity index (χ0v) is 10.4. The maximum absolute atomic E-state index is 12.1. The summed E-state index contributed by atoms with van der Waals surface area (Å²) in [7, 11) is 0. The molecule has 0 aliphatic rings. The van der Waals surface area contributed by atoms with Crippen molar-refractivity contribution < 1.29 is 0 Å². The van der Waals surface area contributed by atoms with E-state index < -0.39 is 0 Å². The van der Waals surface area contributed by atoms with Crippen LogP contribution in [-0.4, -0.2) is 9.36 Å². The number of nitrogens with two attached hydrogens (primary N) is 1. The van der Waals surface area contributed by atoms with Gasteiger partial charge in [0.15, 0.2) is 0 Å². The molecule has 0 saturated carbocycles. The molecule has 0 bridgehead atoms. The van der Waals surface area contributed by atoms with Crippen molar-refractivity contribution in [3.8, 4) is 5.69 Å². The van der Waals surface area contributed by atoms with Crippen molar-refractivity contribution in [1.29, 1.82) is 0 Å². The molecule has 90 valence electrons. The first-order chi connectivity index (χ1) is 8.06. The maximum atomic E-state index is 12.1. The number of benzene rings is 1. The van der Waals surface area contributed by atoms with Gasteiger partial charge in [-0.25, -0.2) is 4.68 Å². The molecule has 0 aliphatic heterocycles. The number of nitrogens with zero attached hydrogens (tertiary/aromatic N) is 2. The van der Waals surface area contributed by atoms with E-state index in [4.69, 9.17) is 5.73 Å². The Morgan fingerprint density at radius 2 is 1.76 bits per heavy atom. The van der Waals surface area contributed by atoms with Gasteiger partial charge in [-0.15, -0.1) is 0 Å². The summed E-state index contributed by atoms with van der Waals surface area (Å²) in [6.07, 6.45) is 0. The van der Waals surface area contributed by atoms with Crippen LogP contribution in [0.4, 0.5) is 5.69 Å². The largest absolute Gasteiger partial charge is 0.393 e. The molecule has 17 heavy (non-hydrogen) atoms. The number of aryl methyl sites for hydroxylation is 1. The number of hydrogen-bond acceptors (Lipinski definition) is 2. The summed E-state index contributed by atoms with van der Waals surface area (Å²) < 4.78 is 3.52. The van der Waals surface area contributed by atoms with Crippen LogP contribution >= 0.6 is 0 Å². The molecule has 0 fully saturated rings. The smallest absolute Gasteiger partial charge is 0.294 e. The fraction of sp³-hybridized carbons (Fsp3) is 0.308. The minimum absolute atomic E-state index is 0.145. The molecule has 0 unspecified atom stereocenters. The second-order valence-electron chi connectivity index (χ2n) is 4.17. The van der Waals surface area contributed by atoms with E-state index in [0.717, 1.165) is 11.4 Å².